The number of amides is 2. The van der Waals surface area contributed by atoms with Crippen molar-refractivity contribution in [2.24, 2.45) is 11.7 Å². The molecule has 26 heavy (non-hydrogen) atoms. The Labute approximate surface area is 149 Å². The number of ether oxygens (including phenoxy) is 2. The summed E-state index contributed by atoms with van der Waals surface area (Å²) in [6.45, 7) is 1.95. The number of hydrogen-bond acceptors (Lipinski definition) is 5. The number of fused-ring (bicyclic) bond motifs is 1. The van der Waals surface area contributed by atoms with Gasteiger partial charge in [0.1, 0.15) is 18.1 Å². The first-order valence-corrected chi connectivity index (χ1v) is 8.29. The lowest BCUT2D eigenvalue weighted by molar-refractivity contribution is -0.123. The predicted molar refractivity (Wildman–Crippen MR) is 92.9 cm³/mol. The Morgan fingerprint density at radius 1 is 1.35 bits per heavy atom. The van der Waals surface area contributed by atoms with Crippen molar-refractivity contribution in [3.8, 4) is 11.5 Å². The zero-order valence-electron chi connectivity index (χ0n) is 14.5. The van der Waals surface area contributed by atoms with Gasteiger partial charge in [-0.05, 0) is 18.6 Å². The first-order chi connectivity index (χ1) is 12.5. The summed E-state index contributed by atoms with van der Waals surface area (Å²) < 4.78 is 24.9. The Hall–Kier alpha value is -2.90. The zero-order chi connectivity index (χ0) is 18.8. The number of primary amides is 1. The SMILES string of the molecule is CC[C@@H]1[C@H](F)C(=O)N[C@@H]1COc1cncc2cc(C(N)=O)c(OC)cc12. The van der Waals surface area contributed by atoms with E-state index >= 15 is 0 Å². The quantitative estimate of drug-likeness (QED) is 0.813. The summed E-state index contributed by atoms with van der Waals surface area (Å²) in [5, 5.41) is 3.96. The van der Waals surface area contributed by atoms with Gasteiger partial charge in [0.05, 0.1) is 24.9 Å². The average Bonchev–Trinajstić information content (AvgIpc) is 2.91. The van der Waals surface area contributed by atoms with Crippen molar-refractivity contribution in [1.82, 2.24) is 10.3 Å². The van der Waals surface area contributed by atoms with Crippen LogP contribution in [-0.2, 0) is 4.79 Å². The highest BCUT2D eigenvalue weighted by Gasteiger charge is 2.41. The van der Waals surface area contributed by atoms with E-state index in [1.54, 1.807) is 18.3 Å². The number of pyridine rings is 1. The van der Waals surface area contributed by atoms with E-state index in [2.05, 4.69) is 10.3 Å². The van der Waals surface area contributed by atoms with Crippen LogP contribution in [0.25, 0.3) is 10.8 Å². The molecule has 0 unspecified atom stereocenters. The first-order valence-electron chi connectivity index (χ1n) is 8.29. The third-order valence-corrected chi connectivity index (χ3v) is 4.67. The lowest BCUT2D eigenvalue weighted by Crippen LogP contribution is -2.34. The Kier molecular flexibility index (Phi) is 4.92. The molecule has 2 heterocycles. The summed E-state index contributed by atoms with van der Waals surface area (Å²) in [6, 6.07) is 2.82. The highest BCUT2D eigenvalue weighted by atomic mass is 19.1. The third kappa shape index (κ3) is 3.14. The molecule has 0 bridgehead atoms. The smallest absolute Gasteiger partial charge is 0.255 e. The monoisotopic (exact) mass is 361 g/mol. The molecular weight excluding hydrogens is 341 g/mol. The van der Waals surface area contributed by atoms with Crippen molar-refractivity contribution >= 4 is 22.6 Å². The van der Waals surface area contributed by atoms with Gasteiger partial charge in [-0.25, -0.2) is 4.39 Å². The third-order valence-electron chi connectivity index (χ3n) is 4.67. The minimum Gasteiger partial charge on any atom is -0.496 e. The number of alkyl halides is 1. The van der Waals surface area contributed by atoms with Gasteiger partial charge in [0, 0.05) is 22.9 Å². The molecule has 2 amide bonds. The molecule has 1 fully saturated rings. The molecule has 1 aromatic heterocycles. The number of rotatable bonds is 6. The fourth-order valence-electron chi connectivity index (χ4n) is 3.25. The maximum absolute atomic E-state index is 13.9. The highest BCUT2D eigenvalue weighted by Crippen LogP contribution is 2.32. The molecule has 1 aromatic carbocycles. The number of hydrogen-bond donors (Lipinski definition) is 2. The van der Waals surface area contributed by atoms with Crippen LogP contribution < -0.4 is 20.5 Å². The standard InChI is InChI=1S/C18H20FN3O4/c1-3-10-13(22-18(24)16(10)19)8-26-15-7-21-6-9-4-12(17(20)23)14(25-2)5-11(9)15/h4-7,10,13,16H,3,8H2,1-2H3,(H2,20,23)(H,22,24)/t10-,13+,16-/m0/s1. The van der Waals surface area contributed by atoms with Gasteiger partial charge in [-0.3, -0.25) is 14.6 Å². The summed E-state index contributed by atoms with van der Waals surface area (Å²) in [7, 11) is 1.44. The van der Waals surface area contributed by atoms with Gasteiger partial charge in [0.15, 0.2) is 6.17 Å². The minimum atomic E-state index is -1.52. The van der Waals surface area contributed by atoms with Gasteiger partial charge < -0.3 is 20.5 Å². The minimum absolute atomic E-state index is 0.116. The molecule has 1 aliphatic rings. The number of nitrogens with one attached hydrogen (secondary N) is 1. The highest BCUT2D eigenvalue weighted by molar-refractivity contribution is 6.01. The van der Waals surface area contributed by atoms with E-state index in [-0.39, 0.29) is 12.2 Å². The second-order valence-corrected chi connectivity index (χ2v) is 6.18. The fraction of sp³-hybridized carbons (Fsp3) is 0.389. The number of benzene rings is 1. The Morgan fingerprint density at radius 3 is 2.77 bits per heavy atom. The van der Waals surface area contributed by atoms with E-state index in [0.717, 1.165) is 0 Å². The summed E-state index contributed by atoms with van der Waals surface area (Å²) >= 11 is 0. The summed E-state index contributed by atoms with van der Waals surface area (Å²) in [4.78, 5) is 27.2. The molecule has 3 atom stereocenters. The summed E-state index contributed by atoms with van der Waals surface area (Å²) in [5.41, 5.74) is 5.61. The lowest BCUT2D eigenvalue weighted by atomic mass is 9.97. The largest absolute Gasteiger partial charge is 0.496 e. The molecule has 138 valence electrons. The van der Waals surface area contributed by atoms with E-state index in [0.29, 0.717) is 28.7 Å². The Balaban J connectivity index is 1.89. The van der Waals surface area contributed by atoms with E-state index in [4.69, 9.17) is 15.2 Å². The van der Waals surface area contributed by atoms with E-state index < -0.39 is 29.9 Å². The van der Waals surface area contributed by atoms with Gasteiger partial charge in [0.25, 0.3) is 11.8 Å². The van der Waals surface area contributed by atoms with Gasteiger partial charge in [-0.2, -0.15) is 0 Å². The van der Waals surface area contributed by atoms with Crippen LogP contribution in [-0.4, -0.2) is 42.7 Å². The number of methoxy groups -OCH3 is 1. The molecule has 2 aromatic rings. The van der Waals surface area contributed by atoms with Gasteiger partial charge in [0.2, 0.25) is 0 Å². The molecular formula is C18H20FN3O4. The summed E-state index contributed by atoms with van der Waals surface area (Å²) in [5.74, 6) is -0.868. The first kappa shape index (κ1) is 17.9. The van der Waals surface area contributed by atoms with Crippen LogP contribution in [0.4, 0.5) is 4.39 Å². The van der Waals surface area contributed by atoms with Crippen molar-refractivity contribution in [3.63, 3.8) is 0 Å². The number of carbonyl (C=O) groups excluding carboxylic acids is 2. The van der Waals surface area contributed by atoms with Crippen LogP contribution in [0.2, 0.25) is 0 Å². The van der Waals surface area contributed by atoms with Crippen molar-refractivity contribution in [3.05, 3.63) is 30.1 Å². The van der Waals surface area contributed by atoms with Crippen molar-refractivity contribution in [2.75, 3.05) is 13.7 Å². The number of halogens is 1. The second kappa shape index (κ2) is 7.15. The van der Waals surface area contributed by atoms with Crippen molar-refractivity contribution in [1.29, 1.82) is 0 Å². The molecule has 0 aliphatic carbocycles. The maximum Gasteiger partial charge on any atom is 0.255 e. The molecule has 0 saturated carbocycles. The van der Waals surface area contributed by atoms with E-state index in [9.17, 15) is 14.0 Å². The van der Waals surface area contributed by atoms with Gasteiger partial charge >= 0.3 is 0 Å². The van der Waals surface area contributed by atoms with Gasteiger partial charge in [-0.15, -0.1) is 0 Å². The Morgan fingerprint density at radius 2 is 2.12 bits per heavy atom. The number of nitrogens with zero attached hydrogens (tertiary/aromatic N) is 1. The van der Waals surface area contributed by atoms with Crippen LogP contribution in [0.15, 0.2) is 24.5 Å². The van der Waals surface area contributed by atoms with Crippen LogP contribution in [0.3, 0.4) is 0 Å². The molecule has 0 spiro atoms. The second-order valence-electron chi connectivity index (χ2n) is 6.18. The Bertz CT molecular complexity index is 858. The number of aromatic nitrogens is 1. The number of nitrogens with two attached hydrogens (primary N) is 1. The molecule has 8 heteroatoms. The van der Waals surface area contributed by atoms with Crippen molar-refractivity contribution < 1.29 is 23.5 Å². The van der Waals surface area contributed by atoms with Crippen LogP contribution >= 0.6 is 0 Å². The van der Waals surface area contributed by atoms with Crippen molar-refractivity contribution in [2.45, 2.75) is 25.6 Å². The van der Waals surface area contributed by atoms with Gasteiger partial charge in [-0.1, -0.05) is 6.92 Å². The lowest BCUT2D eigenvalue weighted by Gasteiger charge is -2.19. The van der Waals surface area contributed by atoms with E-state index in [1.807, 2.05) is 6.92 Å². The molecule has 1 saturated heterocycles. The normalized spacial score (nSPS) is 22.3. The summed E-state index contributed by atoms with van der Waals surface area (Å²) in [6.07, 6.45) is 2.11. The van der Waals surface area contributed by atoms with Crippen LogP contribution in [0.1, 0.15) is 23.7 Å². The fourth-order valence-corrected chi connectivity index (χ4v) is 3.25. The molecule has 0 radical (unpaired) electrons. The molecule has 1 aliphatic heterocycles. The van der Waals surface area contributed by atoms with Crippen LogP contribution in [0, 0.1) is 5.92 Å². The average molecular weight is 361 g/mol. The topological polar surface area (TPSA) is 104 Å². The van der Waals surface area contributed by atoms with Crippen LogP contribution in [0.5, 0.6) is 11.5 Å². The maximum atomic E-state index is 13.9. The number of carbonyl (C=O) groups is 2. The van der Waals surface area contributed by atoms with E-state index in [1.165, 1.54) is 13.3 Å². The predicted octanol–water partition coefficient (Wildman–Crippen LogP) is 1.58. The molecule has 3 N–H and O–H groups in total. The molecule has 3 rings (SSSR count). The molecule has 7 nitrogen and oxygen atoms in total. The zero-order valence-corrected chi connectivity index (χ0v) is 14.5.